The first-order chi connectivity index (χ1) is 11.5. The number of hydrogen-bond donors (Lipinski definition) is 0. The second-order valence-corrected chi connectivity index (χ2v) is 5.64. The van der Waals surface area contributed by atoms with E-state index >= 15 is 0 Å². The van der Waals surface area contributed by atoms with Gasteiger partial charge in [0.25, 0.3) is 12.3 Å². The average molecular weight is 339 g/mol. The van der Waals surface area contributed by atoms with Gasteiger partial charge in [0, 0.05) is 38.1 Å². The topological polar surface area (TPSA) is 65.2 Å². The van der Waals surface area contributed by atoms with Crippen LogP contribution in [-0.4, -0.2) is 62.6 Å². The van der Waals surface area contributed by atoms with E-state index in [1.54, 1.807) is 35.0 Å². The fraction of sp³-hybridized carbons (Fsp3) is 0.533. The quantitative estimate of drug-likeness (QED) is 0.845. The van der Waals surface area contributed by atoms with Gasteiger partial charge in [-0.25, -0.2) is 8.78 Å². The Bertz CT molecular complexity index is 727. The van der Waals surface area contributed by atoms with E-state index in [2.05, 4.69) is 10.2 Å². The minimum absolute atomic E-state index is 0.102. The summed E-state index contributed by atoms with van der Waals surface area (Å²) < 4.78 is 34.0. The maximum Gasteiger partial charge on any atom is 0.266 e. The Morgan fingerprint density at radius 3 is 2.88 bits per heavy atom. The van der Waals surface area contributed by atoms with Crippen molar-refractivity contribution in [2.75, 3.05) is 19.7 Å². The molecule has 1 aliphatic heterocycles. The van der Waals surface area contributed by atoms with Gasteiger partial charge in [-0.3, -0.25) is 14.2 Å². The second-order valence-electron chi connectivity index (χ2n) is 5.64. The number of amides is 1. The predicted molar refractivity (Wildman–Crippen MR) is 81.8 cm³/mol. The number of alkyl halides is 2. The Morgan fingerprint density at radius 1 is 1.46 bits per heavy atom. The van der Waals surface area contributed by atoms with Crippen molar-refractivity contribution in [2.24, 2.45) is 7.05 Å². The molecule has 0 N–H and O–H groups in total. The van der Waals surface area contributed by atoms with Crippen LogP contribution in [-0.2, 0) is 18.3 Å². The Kier molecular flexibility index (Phi) is 4.61. The molecule has 9 heteroatoms. The van der Waals surface area contributed by atoms with Crippen molar-refractivity contribution >= 4 is 5.91 Å². The third kappa shape index (κ3) is 3.16. The van der Waals surface area contributed by atoms with Crippen LogP contribution in [0, 0.1) is 0 Å². The Morgan fingerprint density at radius 2 is 2.25 bits per heavy atom. The van der Waals surface area contributed by atoms with Crippen LogP contribution in [0.1, 0.15) is 17.3 Å². The van der Waals surface area contributed by atoms with Crippen molar-refractivity contribution in [2.45, 2.75) is 26.0 Å². The summed E-state index contributed by atoms with van der Waals surface area (Å²) in [6, 6.07) is 0. The summed E-state index contributed by atoms with van der Waals surface area (Å²) in [5.41, 5.74) is 1.61. The molecule has 24 heavy (non-hydrogen) atoms. The van der Waals surface area contributed by atoms with Crippen LogP contribution in [0.15, 0.2) is 18.6 Å². The summed E-state index contributed by atoms with van der Waals surface area (Å²) in [6.45, 7) is 2.77. The molecule has 2 aromatic heterocycles. The zero-order chi connectivity index (χ0) is 17.3. The molecular formula is C15H19F2N5O2. The normalized spacial score (nSPS) is 18.4. The van der Waals surface area contributed by atoms with Crippen LogP contribution >= 0.6 is 0 Å². The molecule has 1 atom stereocenters. The number of rotatable bonds is 4. The number of carbonyl (C=O) groups excluding carboxylic acids is 1. The smallest absolute Gasteiger partial charge is 0.266 e. The van der Waals surface area contributed by atoms with Crippen LogP contribution in [0.2, 0.25) is 0 Å². The van der Waals surface area contributed by atoms with Gasteiger partial charge in [0.1, 0.15) is 11.8 Å². The van der Waals surface area contributed by atoms with Crippen LogP contribution in [0.3, 0.4) is 0 Å². The summed E-state index contributed by atoms with van der Waals surface area (Å²) in [5.74, 6) is -0.317. The van der Waals surface area contributed by atoms with E-state index in [9.17, 15) is 13.6 Å². The van der Waals surface area contributed by atoms with E-state index in [1.165, 1.54) is 4.90 Å². The van der Waals surface area contributed by atoms with E-state index in [0.29, 0.717) is 23.4 Å². The van der Waals surface area contributed by atoms with E-state index < -0.39 is 12.5 Å². The first-order valence-corrected chi connectivity index (χ1v) is 7.75. The first kappa shape index (κ1) is 16.6. The number of ether oxygens (including phenoxy) is 1. The first-order valence-electron chi connectivity index (χ1n) is 7.75. The highest BCUT2D eigenvalue weighted by Gasteiger charge is 2.32. The fourth-order valence-corrected chi connectivity index (χ4v) is 2.68. The average Bonchev–Trinajstić information content (AvgIpc) is 3.20. The summed E-state index contributed by atoms with van der Waals surface area (Å²) in [4.78, 5) is 14.2. The lowest BCUT2D eigenvalue weighted by Crippen LogP contribution is -2.48. The maximum atomic E-state index is 12.9. The number of morpholine rings is 1. The zero-order valence-electron chi connectivity index (χ0n) is 13.5. The van der Waals surface area contributed by atoms with Gasteiger partial charge in [0.2, 0.25) is 0 Å². The molecule has 2 aromatic rings. The van der Waals surface area contributed by atoms with Gasteiger partial charge in [0.15, 0.2) is 0 Å². The number of hydrogen-bond acceptors (Lipinski definition) is 4. The highest BCUT2D eigenvalue weighted by molar-refractivity contribution is 5.99. The number of carbonyl (C=O) groups is 1. The minimum atomic E-state index is -2.61. The third-order valence-corrected chi connectivity index (χ3v) is 3.96. The van der Waals surface area contributed by atoms with Gasteiger partial charge in [-0.15, -0.1) is 0 Å². The standard InChI is InChI=1S/C15H19F2N5O2/c1-3-22-8-11(13(19-22)10-6-18-20(2)7-10)15(23)21-4-5-24-12(9-21)14(16)17/h6-8,12,14H,3-5,9H2,1-2H3. The molecule has 7 nitrogen and oxygen atoms in total. The molecule has 130 valence electrons. The largest absolute Gasteiger partial charge is 0.369 e. The van der Waals surface area contributed by atoms with Crippen LogP contribution < -0.4 is 0 Å². The van der Waals surface area contributed by atoms with Gasteiger partial charge in [-0.2, -0.15) is 10.2 Å². The predicted octanol–water partition coefficient (Wildman–Crippen LogP) is 1.41. The number of halogens is 2. The molecule has 1 amide bonds. The molecular weight excluding hydrogens is 320 g/mol. The van der Waals surface area contributed by atoms with Gasteiger partial charge in [-0.05, 0) is 6.92 Å². The lowest BCUT2D eigenvalue weighted by atomic mass is 10.1. The molecule has 0 spiro atoms. The maximum absolute atomic E-state index is 12.9. The van der Waals surface area contributed by atoms with Crippen LogP contribution in [0.5, 0.6) is 0 Å². The monoisotopic (exact) mass is 339 g/mol. The molecule has 1 unspecified atom stereocenters. The Hall–Kier alpha value is -2.29. The summed E-state index contributed by atoms with van der Waals surface area (Å²) in [5, 5.41) is 8.52. The molecule has 0 aromatic carbocycles. The molecule has 0 aliphatic carbocycles. The summed E-state index contributed by atoms with van der Waals surface area (Å²) in [6.07, 6.45) is 1.18. The van der Waals surface area contributed by atoms with Crippen molar-refractivity contribution in [1.82, 2.24) is 24.5 Å². The van der Waals surface area contributed by atoms with Crippen molar-refractivity contribution < 1.29 is 18.3 Å². The van der Waals surface area contributed by atoms with Crippen molar-refractivity contribution in [1.29, 1.82) is 0 Å². The van der Waals surface area contributed by atoms with Gasteiger partial charge in [0.05, 0.1) is 24.9 Å². The van der Waals surface area contributed by atoms with Gasteiger partial charge in [-0.1, -0.05) is 0 Å². The molecule has 0 saturated carbocycles. The molecule has 1 aliphatic rings. The van der Waals surface area contributed by atoms with Gasteiger partial charge < -0.3 is 9.64 Å². The highest BCUT2D eigenvalue weighted by Crippen LogP contribution is 2.24. The fourth-order valence-electron chi connectivity index (χ4n) is 2.68. The number of aromatic nitrogens is 4. The van der Waals surface area contributed by atoms with E-state index in [4.69, 9.17) is 4.74 Å². The molecule has 0 radical (unpaired) electrons. The molecule has 3 rings (SSSR count). The van der Waals surface area contributed by atoms with E-state index in [0.717, 1.165) is 0 Å². The molecule has 3 heterocycles. The Labute approximate surface area is 137 Å². The van der Waals surface area contributed by atoms with Crippen molar-refractivity contribution in [3.8, 4) is 11.3 Å². The van der Waals surface area contributed by atoms with Crippen molar-refractivity contribution in [3.63, 3.8) is 0 Å². The van der Waals surface area contributed by atoms with Crippen LogP contribution in [0.4, 0.5) is 8.78 Å². The molecule has 0 bridgehead atoms. The number of nitrogens with zero attached hydrogens (tertiary/aromatic N) is 5. The minimum Gasteiger partial charge on any atom is -0.369 e. The third-order valence-electron chi connectivity index (χ3n) is 3.96. The lowest BCUT2D eigenvalue weighted by molar-refractivity contribution is -0.0942. The molecule has 1 saturated heterocycles. The summed E-state index contributed by atoms with van der Waals surface area (Å²) >= 11 is 0. The highest BCUT2D eigenvalue weighted by atomic mass is 19.3. The Balaban J connectivity index is 1.90. The van der Waals surface area contributed by atoms with E-state index in [-0.39, 0.29) is 25.6 Å². The van der Waals surface area contributed by atoms with Crippen LogP contribution in [0.25, 0.3) is 11.3 Å². The number of aryl methyl sites for hydroxylation is 2. The lowest BCUT2D eigenvalue weighted by Gasteiger charge is -2.32. The summed E-state index contributed by atoms with van der Waals surface area (Å²) in [7, 11) is 1.77. The van der Waals surface area contributed by atoms with Gasteiger partial charge >= 0.3 is 0 Å². The van der Waals surface area contributed by atoms with Crippen molar-refractivity contribution in [3.05, 3.63) is 24.2 Å². The second kappa shape index (κ2) is 6.68. The van der Waals surface area contributed by atoms with E-state index in [1.807, 2.05) is 6.92 Å². The SMILES string of the molecule is CCn1cc(C(=O)N2CCOC(C(F)F)C2)c(-c2cnn(C)c2)n1. The molecule has 1 fully saturated rings. The zero-order valence-corrected chi connectivity index (χ0v) is 13.5.